The Morgan fingerprint density at radius 1 is 1.57 bits per heavy atom. The van der Waals surface area contributed by atoms with Crippen molar-refractivity contribution in [2.45, 2.75) is 6.42 Å². The van der Waals surface area contributed by atoms with Crippen LogP contribution < -0.4 is 5.73 Å². The number of nitrogens with two attached hydrogens (primary N) is 1. The number of nitriles is 1. The topological polar surface area (TPSA) is 79.8 Å². The Labute approximate surface area is 81.4 Å². The number of aromatic nitrogens is 1. The zero-order valence-electron chi connectivity index (χ0n) is 7.32. The van der Waals surface area contributed by atoms with Gasteiger partial charge in [0.2, 0.25) is 5.91 Å². The predicted octanol–water partition coefficient (Wildman–Crippen LogP) is 0.180. The van der Waals surface area contributed by atoms with Crippen LogP contribution in [0.2, 0.25) is 0 Å². The van der Waals surface area contributed by atoms with Crippen molar-refractivity contribution in [3.63, 3.8) is 0 Å². The van der Waals surface area contributed by atoms with Crippen LogP contribution in [0.25, 0.3) is 0 Å². The summed E-state index contributed by atoms with van der Waals surface area (Å²) in [6.45, 7) is 0. The number of carbonyl (C=O) groups is 1. The fourth-order valence-corrected chi connectivity index (χ4v) is 0.756. The Kier molecular flexibility index (Phi) is 3.23. The van der Waals surface area contributed by atoms with Crippen LogP contribution in [0, 0.1) is 23.2 Å². The molecule has 0 saturated heterocycles. The lowest BCUT2D eigenvalue weighted by Gasteiger charge is -1.88. The lowest BCUT2D eigenvalue weighted by Crippen LogP contribution is -2.08. The Morgan fingerprint density at radius 3 is 2.86 bits per heavy atom. The lowest BCUT2D eigenvalue weighted by atomic mass is 10.2. The molecular weight excluding hydrogens is 178 g/mol. The summed E-state index contributed by atoms with van der Waals surface area (Å²) in [5.41, 5.74) is 5.89. The van der Waals surface area contributed by atoms with Crippen LogP contribution in [0.3, 0.4) is 0 Å². The van der Waals surface area contributed by atoms with Crippen molar-refractivity contribution >= 4 is 5.91 Å². The molecule has 14 heavy (non-hydrogen) atoms. The molecular formula is C10H7N3O. The van der Waals surface area contributed by atoms with Gasteiger partial charge >= 0.3 is 0 Å². The second-order valence-electron chi connectivity index (χ2n) is 2.49. The largest absolute Gasteiger partial charge is 0.369 e. The molecule has 0 aliphatic heterocycles. The molecule has 1 rings (SSSR count). The van der Waals surface area contributed by atoms with Crippen LogP contribution in [-0.2, 0) is 4.79 Å². The average Bonchev–Trinajstić information content (AvgIpc) is 2.18. The summed E-state index contributed by atoms with van der Waals surface area (Å²) in [6.07, 6.45) is 1.44. The summed E-state index contributed by atoms with van der Waals surface area (Å²) in [5, 5.41) is 8.49. The second kappa shape index (κ2) is 4.64. The molecule has 1 amide bonds. The molecule has 4 nitrogen and oxygen atoms in total. The van der Waals surface area contributed by atoms with E-state index in [4.69, 9.17) is 11.0 Å². The zero-order valence-corrected chi connectivity index (χ0v) is 7.32. The number of primary amides is 1. The van der Waals surface area contributed by atoms with Crippen LogP contribution in [0.5, 0.6) is 0 Å². The van der Waals surface area contributed by atoms with E-state index in [0.717, 1.165) is 0 Å². The van der Waals surface area contributed by atoms with Gasteiger partial charge in [-0.3, -0.25) is 4.79 Å². The number of rotatable bonds is 1. The number of hydrogen-bond acceptors (Lipinski definition) is 3. The highest BCUT2D eigenvalue weighted by atomic mass is 16.1. The van der Waals surface area contributed by atoms with Gasteiger partial charge in [-0.15, -0.1) is 0 Å². The van der Waals surface area contributed by atoms with Crippen LogP contribution >= 0.6 is 0 Å². The third-order valence-corrected chi connectivity index (χ3v) is 1.37. The minimum absolute atomic E-state index is 0.0156. The zero-order chi connectivity index (χ0) is 10.4. The van der Waals surface area contributed by atoms with Gasteiger partial charge in [-0.1, -0.05) is 5.92 Å². The second-order valence-corrected chi connectivity index (χ2v) is 2.49. The summed E-state index contributed by atoms with van der Waals surface area (Å²) in [5.74, 6) is 4.76. The number of pyridine rings is 1. The molecule has 4 heteroatoms. The van der Waals surface area contributed by atoms with E-state index in [2.05, 4.69) is 16.8 Å². The van der Waals surface area contributed by atoms with Crippen LogP contribution in [0.1, 0.15) is 17.7 Å². The van der Waals surface area contributed by atoms with Gasteiger partial charge in [0.1, 0.15) is 11.8 Å². The molecule has 0 unspecified atom stereocenters. The normalized spacial score (nSPS) is 8.21. The number of amides is 1. The van der Waals surface area contributed by atoms with Crippen molar-refractivity contribution < 1.29 is 4.79 Å². The molecule has 0 radical (unpaired) electrons. The van der Waals surface area contributed by atoms with Gasteiger partial charge in [-0.05, 0) is 18.1 Å². The predicted molar refractivity (Wildman–Crippen MR) is 49.6 cm³/mol. The minimum Gasteiger partial charge on any atom is -0.369 e. The quantitative estimate of drug-likeness (QED) is 0.634. The third kappa shape index (κ3) is 2.96. The molecule has 0 saturated carbocycles. The van der Waals surface area contributed by atoms with Crippen molar-refractivity contribution in [2.24, 2.45) is 5.73 Å². The van der Waals surface area contributed by atoms with E-state index in [0.29, 0.717) is 11.3 Å². The minimum atomic E-state index is -0.467. The summed E-state index contributed by atoms with van der Waals surface area (Å²) >= 11 is 0. The first-order chi connectivity index (χ1) is 6.72. The van der Waals surface area contributed by atoms with E-state index in [1.807, 2.05) is 6.07 Å². The number of hydrogen-bond donors (Lipinski definition) is 1. The SMILES string of the molecule is N#Cc1ccc(C#CCC(N)=O)nc1. The van der Waals surface area contributed by atoms with E-state index in [9.17, 15) is 4.79 Å². The van der Waals surface area contributed by atoms with Crippen molar-refractivity contribution in [1.29, 1.82) is 5.26 Å². The monoisotopic (exact) mass is 185 g/mol. The summed E-state index contributed by atoms with van der Waals surface area (Å²) in [6, 6.07) is 5.17. The van der Waals surface area contributed by atoms with Crippen molar-refractivity contribution in [3.05, 3.63) is 29.6 Å². The summed E-state index contributed by atoms with van der Waals surface area (Å²) in [4.78, 5) is 14.2. The Morgan fingerprint density at radius 2 is 2.36 bits per heavy atom. The molecule has 0 spiro atoms. The van der Waals surface area contributed by atoms with Gasteiger partial charge in [-0.25, -0.2) is 4.98 Å². The Bertz CT molecular complexity index is 431. The fraction of sp³-hybridized carbons (Fsp3) is 0.100. The highest BCUT2D eigenvalue weighted by molar-refractivity contribution is 5.76. The molecule has 0 fully saturated rings. The fourth-order valence-electron chi connectivity index (χ4n) is 0.756. The molecule has 1 heterocycles. The Balaban J connectivity index is 2.73. The van der Waals surface area contributed by atoms with Crippen LogP contribution in [-0.4, -0.2) is 10.9 Å². The average molecular weight is 185 g/mol. The first-order valence-corrected chi connectivity index (χ1v) is 3.85. The van der Waals surface area contributed by atoms with Gasteiger partial charge in [0.25, 0.3) is 0 Å². The van der Waals surface area contributed by atoms with Crippen LogP contribution in [0.15, 0.2) is 18.3 Å². The number of carbonyl (C=O) groups excluding carboxylic acids is 1. The maximum absolute atomic E-state index is 10.3. The molecule has 0 aliphatic carbocycles. The first kappa shape index (κ1) is 9.76. The Hall–Kier alpha value is -2.33. The van der Waals surface area contributed by atoms with Gasteiger partial charge < -0.3 is 5.73 Å². The van der Waals surface area contributed by atoms with Gasteiger partial charge in [0.15, 0.2) is 0 Å². The number of nitrogens with zero attached hydrogens (tertiary/aromatic N) is 2. The lowest BCUT2D eigenvalue weighted by molar-refractivity contribution is -0.117. The molecule has 0 aliphatic rings. The van der Waals surface area contributed by atoms with Gasteiger partial charge in [0.05, 0.1) is 12.0 Å². The molecule has 68 valence electrons. The molecule has 0 bridgehead atoms. The van der Waals surface area contributed by atoms with Crippen molar-refractivity contribution in [1.82, 2.24) is 4.98 Å². The smallest absolute Gasteiger partial charge is 0.229 e. The molecule has 2 N–H and O–H groups in total. The van der Waals surface area contributed by atoms with Crippen molar-refractivity contribution in [2.75, 3.05) is 0 Å². The standard InChI is InChI=1S/C10H7N3O/c11-6-8-4-5-9(13-7-8)2-1-3-10(12)14/h4-5,7H,3H2,(H2,12,14). The molecule has 1 aromatic rings. The van der Waals surface area contributed by atoms with Gasteiger partial charge in [-0.2, -0.15) is 5.26 Å². The van der Waals surface area contributed by atoms with E-state index in [1.165, 1.54) is 6.20 Å². The van der Waals surface area contributed by atoms with E-state index >= 15 is 0 Å². The highest BCUT2D eigenvalue weighted by Gasteiger charge is 1.91. The summed E-state index contributed by atoms with van der Waals surface area (Å²) < 4.78 is 0. The van der Waals surface area contributed by atoms with E-state index < -0.39 is 5.91 Å². The highest BCUT2D eigenvalue weighted by Crippen LogP contribution is 1.96. The van der Waals surface area contributed by atoms with E-state index in [-0.39, 0.29) is 6.42 Å². The first-order valence-electron chi connectivity index (χ1n) is 3.85. The van der Waals surface area contributed by atoms with E-state index in [1.54, 1.807) is 12.1 Å². The molecule has 1 aromatic heterocycles. The maximum atomic E-state index is 10.3. The summed E-state index contributed by atoms with van der Waals surface area (Å²) in [7, 11) is 0. The third-order valence-electron chi connectivity index (χ3n) is 1.37. The van der Waals surface area contributed by atoms with Crippen LogP contribution in [0.4, 0.5) is 0 Å². The van der Waals surface area contributed by atoms with Gasteiger partial charge in [0, 0.05) is 6.20 Å². The molecule has 0 atom stereocenters. The maximum Gasteiger partial charge on any atom is 0.229 e. The van der Waals surface area contributed by atoms with Crippen molar-refractivity contribution in [3.8, 4) is 17.9 Å². The molecule has 0 aromatic carbocycles.